The maximum Gasteiger partial charge on any atom is 0.231 e. The van der Waals surface area contributed by atoms with Crippen LogP contribution in [0.3, 0.4) is 0 Å². The molecule has 1 aliphatic rings. The van der Waals surface area contributed by atoms with Gasteiger partial charge in [0.1, 0.15) is 5.01 Å². The van der Waals surface area contributed by atoms with E-state index in [0.717, 1.165) is 10.6 Å². The van der Waals surface area contributed by atoms with Gasteiger partial charge in [-0.25, -0.2) is 0 Å². The Morgan fingerprint density at radius 1 is 1.33 bits per heavy atom. The fourth-order valence-electron chi connectivity index (χ4n) is 2.76. The van der Waals surface area contributed by atoms with Gasteiger partial charge in [-0.15, -0.1) is 10.2 Å². The number of hydrogen-bond donors (Lipinski definition) is 1. The molecular formula is C17H20N4O2S. The first-order valence-electron chi connectivity index (χ1n) is 7.99. The Bertz CT molecular complexity index is 729. The summed E-state index contributed by atoms with van der Waals surface area (Å²) in [4.78, 5) is 26.0. The largest absolute Gasteiger partial charge is 0.339 e. The fraction of sp³-hybridized carbons (Fsp3) is 0.412. The predicted molar refractivity (Wildman–Crippen MR) is 92.7 cm³/mol. The molecule has 2 heterocycles. The Morgan fingerprint density at radius 2 is 2.08 bits per heavy atom. The zero-order chi connectivity index (χ0) is 17.1. The van der Waals surface area contributed by atoms with Gasteiger partial charge in [0.15, 0.2) is 0 Å². The molecule has 1 aromatic carbocycles. The predicted octanol–water partition coefficient (Wildman–Crippen LogP) is 2.32. The second kappa shape index (κ2) is 7.09. The highest BCUT2D eigenvalue weighted by atomic mass is 32.1. The van der Waals surface area contributed by atoms with E-state index in [-0.39, 0.29) is 30.2 Å². The number of likely N-dealkylation sites (tertiary alicyclic amines) is 1. The first kappa shape index (κ1) is 16.6. The minimum Gasteiger partial charge on any atom is -0.339 e. The summed E-state index contributed by atoms with van der Waals surface area (Å²) in [6.07, 6.45) is 0.955. The van der Waals surface area contributed by atoms with Crippen LogP contribution in [0.5, 0.6) is 0 Å². The first-order valence-corrected chi connectivity index (χ1v) is 8.81. The summed E-state index contributed by atoms with van der Waals surface area (Å²) >= 11 is 1.37. The number of carbonyl (C=O) groups excluding carboxylic acids is 2. The van der Waals surface area contributed by atoms with Crippen molar-refractivity contribution in [3.63, 3.8) is 0 Å². The lowest BCUT2D eigenvalue weighted by Gasteiger charge is -2.20. The molecule has 0 aliphatic carbocycles. The van der Waals surface area contributed by atoms with Gasteiger partial charge in [-0.2, -0.15) is 0 Å². The zero-order valence-electron chi connectivity index (χ0n) is 13.7. The third kappa shape index (κ3) is 3.79. The summed E-state index contributed by atoms with van der Waals surface area (Å²) in [5, 5.41) is 12.3. The monoisotopic (exact) mass is 344 g/mol. The molecule has 1 saturated heterocycles. The lowest BCUT2D eigenvalue weighted by Crippen LogP contribution is -2.33. The number of anilines is 1. The molecule has 0 unspecified atom stereocenters. The topological polar surface area (TPSA) is 75.2 Å². The highest BCUT2D eigenvalue weighted by molar-refractivity contribution is 7.15. The third-order valence-corrected chi connectivity index (χ3v) is 4.89. The van der Waals surface area contributed by atoms with Crippen LogP contribution in [0.4, 0.5) is 5.13 Å². The van der Waals surface area contributed by atoms with E-state index in [2.05, 4.69) is 15.5 Å². The van der Waals surface area contributed by atoms with Gasteiger partial charge in [0.05, 0.1) is 5.92 Å². The van der Waals surface area contributed by atoms with Crippen molar-refractivity contribution in [1.82, 2.24) is 15.1 Å². The number of benzene rings is 1. The quantitative estimate of drug-likeness (QED) is 0.903. The average Bonchev–Trinajstić information content (AvgIpc) is 3.15. The number of hydrogen-bond acceptors (Lipinski definition) is 5. The van der Waals surface area contributed by atoms with Crippen molar-refractivity contribution in [2.75, 3.05) is 11.9 Å². The Kier molecular flexibility index (Phi) is 4.89. The van der Waals surface area contributed by atoms with Crippen molar-refractivity contribution in [3.05, 3.63) is 40.9 Å². The van der Waals surface area contributed by atoms with Crippen molar-refractivity contribution >= 4 is 28.3 Å². The second-order valence-corrected chi connectivity index (χ2v) is 7.26. The van der Waals surface area contributed by atoms with Gasteiger partial charge in [0, 0.05) is 25.4 Å². The van der Waals surface area contributed by atoms with Crippen LogP contribution >= 0.6 is 11.3 Å². The molecular weight excluding hydrogens is 324 g/mol. The van der Waals surface area contributed by atoms with Crippen molar-refractivity contribution < 1.29 is 9.59 Å². The maximum absolute atomic E-state index is 12.3. The van der Waals surface area contributed by atoms with Crippen LogP contribution in [0.1, 0.15) is 30.8 Å². The van der Waals surface area contributed by atoms with Gasteiger partial charge < -0.3 is 10.2 Å². The Balaban J connectivity index is 1.59. The molecule has 24 heavy (non-hydrogen) atoms. The van der Waals surface area contributed by atoms with Gasteiger partial charge >= 0.3 is 0 Å². The first-order chi connectivity index (χ1) is 11.5. The van der Waals surface area contributed by atoms with E-state index in [0.29, 0.717) is 18.1 Å². The highest BCUT2D eigenvalue weighted by Gasteiger charge is 2.35. The summed E-state index contributed by atoms with van der Waals surface area (Å²) in [6, 6.07) is 10.1. The summed E-state index contributed by atoms with van der Waals surface area (Å²) < 4.78 is 0. The standard InChI is InChI=1S/C17H20N4O2S/c1-11(2)21-10-13(9-15(21)22)16(23)18-17-20-19-14(24-17)8-12-6-4-3-5-7-12/h3-7,11,13H,8-10H2,1-2H3,(H,18,20,23)/t13-/m0/s1. The molecule has 7 heteroatoms. The van der Waals surface area contributed by atoms with E-state index in [1.54, 1.807) is 4.90 Å². The molecule has 0 spiro atoms. The summed E-state index contributed by atoms with van der Waals surface area (Å²) in [7, 11) is 0. The SMILES string of the molecule is CC(C)N1C[C@@H](C(=O)Nc2nnc(Cc3ccccc3)s2)CC1=O. The zero-order valence-corrected chi connectivity index (χ0v) is 14.5. The van der Waals surface area contributed by atoms with E-state index in [9.17, 15) is 9.59 Å². The molecule has 1 fully saturated rings. The Morgan fingerprint density at radius 3 is 2.75 bits per heavy atom. The molecule has 0 radical (unpaired) electrons. The summed E-state index contributed by atoms with van der Waals surface area (Å²) in [5.41, 5.74) is 1.15. The van der Waals surface area contributed by atoms with Crippen LogP contribution in [0.2, 0.25) is 0 Å². The molecule has 1 aliphatic heterocycles. The van der Waals surface area contributed by atoms with E-state index < -0.39 is 0 Å². The van der Waals surface area contributed by atoms with E-state index in [4.69, 9.17) is 0 Å². The second-order valence-electron chi connectivity index (χ2n) is 6.19. The average molecular weight is 344 g/mol. The van der Waals surface area contributed by atoms with Crippen molar-refractivity contribution in [1.29, 1.82) is 0 Å². The minimum absolute atomic E-state index is 0.0344. The van der Waals surface area contributed by atoms with Gasteiger partial charge in [0.2, 0.25) is 16.9 Å². The van der Waals surface area contributed by atoms with Gasteiger partial charge in [-0.3, -0.25) is 9.59 Å². The van der Waals surface area contributed by atoms with Crippen LogP contribution in [0.15, 0.2) is 30.3 Å². The number of carbonyl (C=O) groups is 2. The molecule has 2 amide bonds. The highest BCUT2D eigenvalue weighted by Crippen LogP contribution is 2.23. The lowest BCUT2D eigenvalue weighted by molar-refractivity contribution is -0.129. The molecule has 3 rings (SSSR count). The number of amides is 2. The molecule has 0 bridgehead atoms. The van der Waals surface area contributed by atoms with Gasteiger partial charge in [0.25, 0.3) is 0 Å². The minimum atomic E-state index is -0.318. The number of nitrogens with zero attached hydrogens (tertiary/aromatic N) is 3. The number of nitrogens with one attached hydrogen (secondary N) is 1. The maximum atomic E-state index is 12.3. The number of rotatable bonds is 5. The van der Waals surface area contributed by atoms with Crippen LogP contribution in [0.25, 0.3) is 0 Å². The van der Waals surface area contributed by atoms with Crippen LogP contribution in [-0.4, -0.2) is 39.5 Å². The third-order valence-electron chi connectivity index (χ3n) is 4.05. The van der Waals surface area contributed by atoms with Gasteiger partial charge in [-0.1, -0.05) is 41.7 Å². The molecule has 2 aromatic rings. The van der Waals surface area contributed by atoms with E-state index >= 15 is 0 Å². The van der Waals surface area contributed by atoms with Crippen LogP contribution in [0, 0.1) is 5.92 Å². The van der Waals surface area contributed by atoms with E-state index in [1.807, 2.05) is 44.2 Å². The molecule has 126 valence electrons. The van der Waals surface area contributed by atoms with Crippen molar-refractivity contribution in [2.24, 2.45) is 5.92 Å². The van der Waals surface area contributed by atoms with E-state index in [1.165, 1.54) is 11.3 Å². The van der Waals surface area contributed by atoms with Crippen molar-refractivity contribution in [2.45, 2.75) is 32.7 Å². The molecule has 6 nitrogen and oxygen atoms in total. The molecule has 1 aromatic heterocycles. The Hall–Kier alpha value is -2.28. The summed E-state index contributed by atoms with van der Waals surface area (Å²) in [6.45, 7) is 4.38. The molecule has 1 N–H and O–H groups in total. The lowest BCUT2D eigenvalue weighted by atomic mass is 10.1. The molecule has 0 saturated carbocycles. The smallest absolute Gasteiger partial charge is 0.231 e. The van der Waals surface area contributed by atoms with Crippen molar-refractivity contribution in [3.8, 4) is 0 Å². The van der Waals surface area contributed by atoms with Crippen LogP contribution < -0.4 is 5.32 Å². The molecule has 1 atom stereocenters. The van der Waals surface area contributed by atoms with Gasteiger partial charge in [-0.05, 0) is 19.4 Å². The normalized spacial score (nSPS) is 17.5. The summed E-state index contributed by atoms with van der Waals surface area (Å²) in [5.74, 6) is -0.442. The fourth-order valence-corrected chi connectivity index (χ4v) is 3.54. The number of aromatic nitrogens is 2. The Labute approximate surface area is 144 Å². The van der Waals surface area contributed by atoms with Crippen LogP contribution in [-0.2, 0) is 16.0 Å².